The molecule has 5 aliphatic rings. The van der Waals surface area contributed by atoms with Crippen LogP contribution in [0.1, 0.15) is 65.9 Å². The Kier molecular flexibility index (Phi) is 8.99. The van der Waals surface area contributed by atoms with Gasteiger partial charge in [-0.15, -0.1) is 0 Å². The van der Waals surface area contributed by atoms with Crippen molar-refractivity contribution in [3.63, 3.8) is 0 Å². The van der Waals surface area contributed by atoms with Crippen LogP contribution in [0.3, 0.4) is 0 Å². The zero-order valence-corrected chi connectivity index (χ0v) is 29.0. The number of ether oxygens (including phenoxy) is 4. The minimum absolute atomic E-state index is 0.0204. The molecule has 1 aromatic carbocycles. The highest BCUT2D eigenvalue weighted by atomic mass is 19.1. The summed E-state index contributed by atoms with van der Waals surface area (Å²) in [6, 6.07) is 6.46. The number of aliphatic hydroxyl groups excluding tert-OH is 1. The summed E-state index contributed by atoms with van der Waals surface area (Å²) < 4.78 is 39.1. The van der Waals surface area contributed by atoms with E-state index in [-0.39, 0.29) is 43.8 Å². The Morgan fingerprint density at radius 1 is 1.10 bits per heavy atom. The second-order valence-corrected chi connectivity index (χ2v) is 15.5. The van der Waals surface area contributed by atoms with Crippen molar-refractivity contribution >= 4 is 35.4 Å². The number of alkyl carbamates (subject to hydrolysis) is 1. The summed E-state index contributed by atoms with van der Waals surface area (Å²) in [5.74, 6) is -2.18. The van der Waals surface area contributed by atoms with Crippen molar-refractivity contribution in [2.45, 2.75) is 89.9 Å². The van der Waals surface area contributed by atoms with E-state index in [1.807, 2.05) is 6.92 Å². The van der Waals surface area contributed by atoms with Crippen molar-refractivity contribution in [2.75, 3.05) is 25.1 Å². The quantitative estimate of drug-likeness (QED) is 0.323. The van der Waals surface area contributed by atoms with E-state index in [2.05, 4.69) is 10.6 Å². The number of Topliss-reactive ketones (excluding diaryl/α,β-unsaturated/α-hetero) is 1. The van der Waals surface area contributed by atoms with Crippen LogP contribution in [0.4, 0.5) is 19.7 Å². The van der Waals surface area contributed by atoms with Gasteiger partial charge in [0, 0.05) is 22.4 Å². The molecule has 1 aliphatic heterocycles. The summed E-state index contributed by atoms with van der Waals surface area (Å²) in [5.41, 5.74) is -4.21. The monoisotopic (exact) mass is 696 g/mol. The third kappa shape index (κ3) is 5.71. The van der Waals surface area contributed by atoms with Gasteiger partial charge in [0.05, 0.1) is 12.7 Å². The fourth-order valence-corrected chi connectivity index (χ4v) is 9.44. The molecule has 270 valence electrons. The average molecular weight is 697 g/mol. The maximum absolute atomic E-state index is 17.4. The van der Waals surface area contributed by atoms with Crippen LogP contribution >= 0.6 is 0 Å². The Morgan fingerprint density at radius 2 is 1.82 bits per heavy atom. The first-order valence-corrected chi connectivity index (χ1v) is 17.1. The van der Waals surface area contributed by atoms with Crippen molar-refractivity contribution in [1.29, 1.82) is 0 Å². The summed E-state index contributed by atoms with van der Waals surface area (Å²) in [7, 11) is 0. The number of allylic oxidation sites excluding steroid dienone is 4. The van der Waals surface area contributed by atoms with Gasteiger partial charge in [0.2, 0.25) is 11.7 Å². The molecule has 1 aromatic rings. The van der Waals surface area contributed by atoms with Gasteiger partial charge in [-0.1, -0.05) is 30.7 Å². The van der Waals surface area contributed by atoms with Crippen LogP contribution < -0.4 is 10.6 Å². The molecular weight excluding hydrogens is 651 g/mol. The molecule has 0 radical (unpaired) electrons. The first-order valence-electron chi connectivity index (χ1n) is 17.1. The van der Waals surface area contributed by atoms with Crippen LogP contribution in [-0.4, -0.2) is 77.6 Å². The van der Waals surface area contributed by atoms with Crippen molar-refractivity contribution in [3.8, 4) is 0 Å². The third-order valence-electron chi connectivity index (χ3n) is 11.6. The van der Waals surface area contributed by atoms with Crippen LogP contribution in [0.2, 0.25) is 0 Å². The van der Waals surface area contributed by atoms with Crippen LogP contribution in [0.5, 0.6) is 0 Å². The number of fused-ring (bicyclic) bond motifs is 4. The van der Waals surface area contributed by atoms with Gasteiger partial charge in [0.25, 0.3) is 0 Å². The number of hydrogen-bond acceptors (Lipinski definition) is 10. The van der Waals surface area contributed by atoms with E-state index in [0.29, 0.717) is 36.1 Å². The standard InChI is InChI=1S/C37H45FN2O10/c1-21-14-27-26-11-8-23-15-25(41)12-13-34(23,5)36(26,38)28(42)16-35(27)20-49-37(21,35)29(43)19-48-32(46)47-18-22-6-9-24(10-7-22)40-30(44)17-39-31(45)50-33(2,3)4/h6-7,9-10,12-13,15,21,26-28,42H,8,11,14,16-20H2,1-5H3,(H,39,45)(H,40,44)/t21-,26+,27+,28+,34+,35-,36+,37+/m1/s1. The number of carbonyl (C=O) groups excluding carboxylic acids is 5. The Morgan fingerprint density at radius 3 is 2.48 bits per heavy atom. The minimum Gasteiger partial charge on any atom is -0.444 e. The van der Waals surface area contributed by atoms with Crippen molar-refractivity contribution in [2.24, 2.45) is 28.6 Å². The highest BCUT2D eigenvalue weighted by Gasteiger charge is 2.81. The molecular formula is C37H45FN2O10. The van der Waals surface area contributed by atoms with Gasteiger partial charge in [0.1, 0.15) is 24.4 Å². The van der Waals surface area contributed by atoms with Crippen LogP contribution in [0, 0.1) is 28.6 Å². The highest BCUT2D eigenvalue weighted by Crippen LogP contribution is 2.74. The number of carbonyl (C=O) groups is 5. The predicted octanol–water partition coefficient (Wildman–Crippen LogP) is 4.74. The highest BCUT2D eigenvalue weighted by molar-refractivity contribution is 6.01. The molecule has 4 aliphatic carbocycles. The van der Waals surface area contributed by atoms with E-state index in [1.165, 1.54) is 12.2 Å². The Labute approximate surface area is 290 Å². The Bertz CT molecular complexity index is 1650. The predicted molar refractivity (Wildman–Crippen MR) is 176 cm³/mol. The maximum atomic E-state index is 17.4. The molecule has 13 heteroatoms. The lowest BCUT2D eigenvalue weighted by Crippen LogP contribution is -2.76. The number of nitrogens with one attached hydrogen (secondary N) is 2. The lowest BCUT2D eigenvalue weighted by Gasteiger charge is -2.67. The number of rotatable bonds is 8. The van der Waals surface area contributed by atoms with Gasteiger partial charge in [-0.2, -0.15) is 0 Å². The molecule has 0 bridgehead atoms. The van der Waals surface area contributed by atoms with Crippen molar-refractivity contribution < 1.29 is 52.4 Å². The maximum Gasteiger partial charge on any atom is 0.509 e. The average Bonchev–Trinajstić information content (AvgIpc) is 3.20. The summed E-state index contributed by atoms with van der Waals surface area (Å²) >= 11 is 0. The third-order valence-corrected chi connectivity index (χ3v) is 11.6. The van der Waals surface area contributed by atoms with Gasteiger partial charge in [-0.3, -0.25) is 14.4 Å². The smallest absolute Gasteiger partial charge is 0.444 e. The van der Waals surface area contributed by atoms with Crippen LogP contribution in [0.25, 0.3) is 0 Å². The summed E-state index contributed by atoms with van der Waals surface area (Å²) in [5, 5.41) is 16.6. The largest absolute Gasteiger partial charge is 0.509 e. The number of alkyl halides is 1. The molecule has 1 saturated heterocycles. The molecule has 1 spiro atoms. The molecule has 12 nitrogen and oxygen atoms in total. The molecule has 3 N–H and O–H groups in total. The SMILES string of the molecule is C[C@@H]1C[C@H]2[C@@H]3CCC4=CC(=O)C=C[C@]4(C)[C@@]3(F)[C@@H](O)C[C@@]23CO[C@]13C(=O)COC(=O)OCc1ccc(NC(=O)CNC(=O)OC(C)(C)C)cc1. The zero-order chi connectivity index (χ0) is 36.3. The number of benzene rings is 1. The van der Waals surface area contributed by atoms with Crippen LogP contribution in [-0.2, 0) is 39.9 Å². The number of ketones is 2. The van der Waals surface area contributed by atoms with E-state index in [0.717, 1.165) is 0 Å². The molecule has 4 fully saturated rings. The Hall–Kier alpha value is -4.10. The van der Waals surface area contributed by atoms with Crippen molar-refractivity contribution in [3.05, 3.63) is 53.6 Å². The van der Waals surface area contributed by atoms with Crippen molar-refractivity contribution in [1.82, 2.24) is 5.32 Å². The van der Waals surface area contributed by atoms with Gasteiger partial charge in [0.15, 0.2) is 18.1 Å². The van der Waals surface area contributed by atoms with Crippen LogP contribution in [0.15, 0.2) is 48.1 Å². The van der Waals surface area contributed by atoms with E-state index >= 15 is 4.39 Å². The zero-order valence-electron chi connectivity index (χ0n) is 29.0. The fourth-order valence-electron chi connectivity index (χ4n) is 9.44. The molecule has 50 heavy (non-hydrogen) atoms. The first kappa shape index (κ1) is 35.7. The number of hydrogen-bond donors (Lipinski definition) is 3. The number of amides is 2. The molecule has 8 atom stereocenters. The molecule has 0 aromatic heterocycles. The van der Waals surface area contributed by atoms with Gasteiger partial charge in [-0.25, -0.2) is 14.0 Å². The van der Waals surface area contributed by atoms with Gasteiger partial charge < -0.3 is 34.7 Å². The Balaban J connectivity index is 1.02. The number of halogens is 1. The van der Waals surface area contributed by atoms with E-state index in [9.17, 15) is 29.1 Å². The van der Waals surface area contributed by atoms with E-state index in [4.69, 9.17) is 18.9 Å². The van der Waals surface area contributed by atoms with Gasteiger partial charge >= 0.3 is 12.2 Å². The van der Waals surface area contributed by atoms with Gasteiger partial charge in [-0.05, 0) is 95.1 Å². The number of aliphatic hydroxyl groups is 1. The fraction of sp³-hybridized carbons (Fsp3) is 0.595. The summed E-state index contributed by atoms with van der Waals surface area (Å²) in [4.78, 5) is 62.4. The second kappa shape index (κ2) is 12.6. The molecule has 2 amide bonds. The van der Waals surface area contributed by atoms with E-state index in [1.54, 1.807) is 58.0 Å². The first-order chi connectivity index (χ1) is 23.4. The molecule has 1 heterocycles. The van der Waals surface area contributed by atoms with E-state index < -0.39 is 70.3 Å². The summed E-state index contributed by atoms with van der Waals surface area (Å²) in [6.07, 6.45) is 2.83. The normalized spacial score (nSPS) is 35.2. The lowest BCUT2D eigenvalue weighted by molar-refractivity contribution is -0.309. The molecule has 0 unspecified atom stereocenters. The molecule has 6 rings (SSSR count). The molecule has 3 saturated carbocycles. The topological polar surface area (TPSA) is 167 Å². The minimum atomic E-state index is -2.01. The second-order valence-electron chi connectivity index (χ2n) is 15.5. The summed E-state index contributed by atoms with van der Waals surface area (Å²) in [6.45, 7) is 7.94. The lowest BCUT2D eigenvalue weighted by atomic mass is 9.43. The number of anilines is 1.